The molecule has 1 aliphatic heterocycles. The Morgan fingerprint density at radius 3 is 2.88 bits per heavy atom. The van der Waals surface area contributed by atoms with Gasteiger partial charge < -0.3 is 4.90 Å². The van der Waals surface area contributed by atoms with Crippen LogP contribution in [0.3, 0.4) is 0 Å². The van der Waals surface area contributed by atoms with E-state index in [0.29, 0.717) is 18.2 Å². The normalized spacial score (nSPS) is 17.8. The maximum atomic E-state index is 12.8. The number of aromatic amines is 1. The number of nitrogens with one attached hydrogen (secondary N) is 1. The van der Waals surface area contributed by atoms with Crippen LogP contribution in [0, 0.1) is 20.8 Å². The molecule has 0 bridgehead atoms. The van der Waals surface area contributed by atoms with Crippen LogP contribution >= 0.6 is 0 Å². The number of amides is 1. The Balaban J connectivity index is 1.58. The molecular weight excluding hydrogens is 304 g/mol. The number of H-pyrrole nitrogens is 1. The largest absolute Gasteiger partial charge is 0.337 e. The van der Waals surface area contributed by atoms with Gasteiger partial charge in [-0.05, 0) is 38.8 Å². The average molecular weight is 324 g/mol. The van der Waals surface area contributed by atoms with Crippen LogP contribution in [0.25, 0.3) is 5.65 Å². The number of likely N-dealkylation sites (tertiary alicyclic amines) is 1. The first-order valence-electron chi connectivity index (χ1n) is 8.16. The molecule has 0 spiro atoms. The van der Waals surface area contributed by atoms with E-state index in [1.807, 2.05) is 37.9 Å². The van der Waals surface area contributed by atoms with E-state index in [2.05, 4.69) is 20.3 Å². The van der Waals surface area contributed by atoms with Crippen LogP contribution in [0.5, 0.6) is 0 Å². The molecule has 1 atom stereocenters. The standard InChI is InChI=1S/C17H20N6O/c1-10-8-18-20-16(10)13-4-5-22(9-13)17(24)14-7-15-19-11(2)6-12(3)23(15)21-14/h6-8,13H,4-5,9H2,1-3H3,(H,18,20)/t13-/m0/s1. The number of rotatable bonds is 2. The monoisotopic (exact) mass is 324 g/mol. The first kappa shape index (κ1) is 14.9. The Kier molecular flexibility index (Phi) is 3.37. The molecule has 4 heterocycles. The summed E-state index contributed by atoms with van der Waals surface area (Å²) in [4.78, 5) is 19.1. The number of fused-ring (bicyclic) bond motifs is 1. The number of hydrogen-bond donors (Lipinski definition) is 1. The molecule has 1 amide bonds. The fourth-order valence-electron chi connectivity index (χ4n) is 3.50. The van der Waals surface area contributed by atoms with Gasteiger partial charge >= 0.3 is 0 Å². The Morgan fingerprint density at radius 1 is 1.29 bits per heavy atom. The van der Waals surface area contributed by atoms with Crippen molar-refractivity contribution in [3.05, 3.63) is 46.7 Å². The lowest BCUT2D eigenvalue weighted by molar-refractivity contribution is 0.0784. The summed E-state index contributed by atoms with van der Waals surface area (Å²) in [6.45, 7) is 7.39. The molecule has 1 fully saturated rings. The van der Waals surface area contributed by atoms with Crippen molar-refractivity contribution in [3.8, 4) is 0 Å². The van der Waals surface area contributed by atoms with Crippen LogP contribution in [0.1, 0.15) is 45.5 Å². The van der Waals surface area contributed by atoms with E-state index in [4.69, 9.17) is 0 Å². The minimum absolute atomic E-state index is 0.0304. The summed E-state index contributed by atoms with van der Waals surface area (Å²) in [5.74, 6) is 0.285. The number of aryl methyl sites for hydroxylation is 3. The average Bonchev–Trinajstić information content (AvgIpc) is 3.24. The summed E-state index contributed by atoms with van der Waals surface area (Å²) in [7, 11) is 0. The van der Waals surface area contributed by atoms with Crippen LogP contribution in [0.4, 0.5) is 0 Å². The van der Waals surface area contributed by atoms with E-state index < -0.39 is 0 Å². The second kappa shape index (κ2) is 5.43. The Bertz CT molecular complexity index is 924. The Labute approximate surface area is 139 Å². The van der Waals surface area contributed by atoms with Gasteiger partial charge in [-0.2, -0.15) is 10.2 Å². The van der Waals surface area contributed by atoms with E-state index in [1.165, 1.54) is 0 Å². The Hall–Kier alpha value is -2.70. The van der Waals surface area contributed by atoms with Crippen molar-refractivity contribution in [2.75, 3.05) is 13.1 Å². The van der Waals surface area contributed by atoms with Gasteiger partial charge in [-0.15, -0.1) is 0 Å². The molecule has 1 saturated heterocycles. The molecule has 3 aromatic rings. The molecule has 0 aromatic carbocycles. The summed E-state index contributed by atoms with van der Waals surface area (Å²) in [6, 6.07) is 3.73. The lowest BCUT2D eigenvalue weighted by Crippen LogP contribution is -2.29. The molecule has 1 N–H and O–H groups in total. The van der Waals surface area contributed by atoms with Gasteiger partial charge in [0.15, 0.2) is 11.3 Å². The molecular formula is C17H20N6O. The number of carbonyl (C=O) groups is 1. The van der Waals surface area contributed by atoms with Gasteiger partial charge in [-0.25, -0.2) is 9.50 Å². The fourth-order valence-corrected chi connectivity index (χ4v) is 3.50. The minimum Gasteiger partial charge on any atom is -0.337 e. The highest BCUT2D eigenvalue weighted by atomic mass is 16.2. The molecule has 1 aliphatic rings. The third kappa shape index (κ3) is 2.36. The highest BCUT2D eigenvalue weighted by Crippen LogP contribution is 2.28. The quantitative estimate of drug-likeness (QED) is 0.782. The summed E-state index contributed by atoms with van der Waals surface area (Å²) in [5, 5.41) is 11.6. The Morgan fingerprint density at radius 2 is 2.12 bits per heavy atom. The minimum atomic E-state index is -0.0304. The summed E-state index contributed by atoms with van der Waals surface area (Å²) in [6.07, 6.45) is 2.78. The molecule has 0 unspecified atom stereocenters. The highest BCUT2D eigenvalue weighted by Gasteiger charge is 2.30. The number of carbonyl (C=O) groups excluding carboxylic acids is 1. The predicted molar refractivity (Wildman–Crippen MR) is 89.0 cm³/mol. The molecule has 24 heavy (non-hydrogen) atoms. The van der Waals surface area contributed by atoms with Gasteiger partial charge in [0.2, 0.25) is 0 Å². The molecule has 0 radical (unpaired) electrons. The molecule has 124 valence electrons. The van der Waals surface area contributed by atoms with Crippen LogP contribution in [0.2, 0.25) is 0 Å². The van der Waals surface area contributed by atoms with Crippen molar-refractivity contribution >= 4 is 11.6 Å². The van der Waals surface area contributed by atoms with Crippen molar-refractivity contribution in [1.82, 2.24) is 29.7 Å². The molecule has 7 nitrogen and oxygen atoms in total. The zero-order valence-corrected chi connectivity index (χ0v) is 14.1. The smallest absolute Gasteiger partial charge is 0.274 e. The predicted octanol–water partition coefficient (Wildman–Crippen LogP) is 2.01. The lowest BCUT2D eigenvalue weighted by Gasteiger charge is -2.14. The van der Waals surface area contributed by atoms with Crippen LogP contribution in [-0.2, 0) is 0 Å². The van der Waals surface area contributed by atoms with E-state index in [9.17, 15) is 4.79 Å². The van der Waals surface area contributed by atoms with Crippen LogP contribution in [0.15, 0.2) is 18.3 Å². The summed E-state index contributed by atoms with van der Waals surface area (Å²) < 4.78 is 1.73. The molecule has 3 aromatic heterocycles. The van der Waals surface area contributed by atoms with Gasteiger partial charge in [0, 0.05) is 42.2 Å². The molecule has 0 aliphatic carbocycles. The van der Waals surface area contributed by atoms with Crippen molar-refractivity contribution < 1.29 is 4.79 Å². The van der Waals surface area contributed by atoms with Gasteiger partial charge in [-0.1, -0.05) is 0 Å². The van der Waals surface area contributed by atoms with E-state index in [0.717, 1.165) is 41.3 Å². The third-order valence-electron chi connectivity index (χ3n) is 4.70. The van der Waals surface area contributed by atoms with Gasteiger partial charge in [0.05, 0.1) is 6.20 Å². The first-order chi connectivity index (χ1) is 11.5. The topological polar surface area (TPSA) is 79.2 Å². The molecule has 4 rings (SSSR count). The second-order valence-electron chi connectivity index (χ2n) is 6.54. The fraction of sp³-hybridized carbons (Fsp3) is 0.412. The zero-order valence-electron chi connectivity index (χ0n) is 14.1. The van der Waals surface area contributed by atoms with E-state index in [-0.39, 0.29) is 5.91 Å². The number of aromatic nitrogens is 5. The van der Waals surface area contributed by atoms with E-state index in [1.54, 1.807) is 10.6 Å². The first-order valence-corrected chi connectivity index (χ1v) is 8.16. The van der Waals surface area contributed by atoms with Crippen LogP contribution < -0.4 is 0 Å². The van der Waals surface area contributed by atoms with Crippen molar-refractivity contribution in [2.24, 2.45) is 0 Å². The maximum absolute atomic E-state index is 12.8. The van der Waals surface area contributed by atoms with Gasteiger partial charge in [0.25, 0.3) is 5.91 Å². The SMILES string of the molecule is Cc1cc(C)n2nc(C(=O)N3CC[C@H](c4[nH]ncc4C)C3)cc2n1. The molecule has 7 heteroatoms. The number of nitrogens with zero attached hydrogens (tertiary/aromatic N) is 5. The summed E-state index contributed by atoms with van der Waals surface area (Å²) >= 11 is 0. The number of hydrogen-bond acceptors (Lipinski definition) is 4. The summed E-state index contributed by atoms with van der Waals surface area (Å²) in [5.41, 5.74) is 5.36. The second-order valence-corrected chi connectivity index (χ2v) is 6.54. The van der Waals surface area contributed by atoms with Crippen molar-refractivity contribution in [3.63, 3.8) is 0 Å². The van der Waals surface area contributed by atoms with Crippen LogP contribution in [-0.4, -0.2) is 48.7 Å². The zero-order chi connectivity index (χ0) is 16.8. The maximum Gasteiger partial charge on any atom is 0.274 e. The van der Waals surface area contributed by atoms with E-state index >= 15 is 0 Å². The molecule has 0 saturated carbocycles. The lowest BCUT2D eigenvalue weighted by atomic mass is 10.0. The van der Waals surface area contributed by atoms with Gasteiger partial charge in [-0.3, -0.25) is 9.89 Å². The van der Waals surface area contributed by atoms with Gasteiger partial charge in [0.1, 0.15) is 0 Å². The van der Waals surface area contributed by atoms with Crippen molar-refractivity contribution in [1.29, 1.82) is 0 Å². The highest BCUT2D eigenvalue weighted by molar-refractivity contribution is 5.93. The third-order valence-corrected chi connectivity index (χ3v) is 4.70. The van der Waals surface area contributed by atoms with Crippen molar-refractivity contribution in [2.45, 2.75) is 33.1 Å².